The minimum absolute atomic E-state index is 0.402. The SMILES string of the molecule is CCC1(CC)CN(C2CCCC(C)C2)CCN1. The maximum Gasteiger partial charge on any atom is 0.0304 e. The van der Waals surface area contributed by atoms with E-state index in [1.165, 1.54) is 58.2 Å². The quantitative estimate of drug-likeness (QED) is 0.813. The molecule has 1 saturated heterocycles. The lowest BCUT2D eigenvalue weighted by molar-refractivity contribution is 0.0593. The van der Waals surface area contributed by atoms with Gasteiger partial charge in [0.2, 0.25) is 0 Å². The Labute approximate surface area is 107 Å². The van der Waals surface area contributed by atoms with Crippen LogP contribution < -0.4 is 5.32 Å². The van der Waals surface area contributed by atoms with Crippen LogP contribution in [0.25, 0.3) is 0 Å². The minimum Gasteiger partial charge on any atom is -0.309 e. The molecule has 0 amide bonds. The van der Waals surface area contributed by atoms with E-state index in [1.54, 1.807) is 0 Å². The maximum absolute atomic E-state index is 3.77. The Morgan fingerprint density at radius 3 is 2.65 bits per heavy atom. The molecule has 1 aliphatic carbocycles. The highest BCUT2D eigenvalue weighted by molar-refractivity contribution is 4.95. The van der Waals surface area contributed by atoms with Crippen LogP contribution in [0, 0.1) is 5.92 Å². The second-order valence-corrected chi connectivity index (χ2v) is 6.31. The van der Waals surface area contributed by atoms with Gasteiger partial charge in [-0.1, -0.05) is 33.6 Å². The fourth-order valence-electron chi connectivity index (χ4n) is 3.76. The average Bonchev–Trinajstić information content (AvgIpc) is 2.39. The van der Waals surface area contributed by atoms with Crippen molar-refractivity contribution in [3.05, 3.63) is 0 Å². The number of nitrogens with zero attached hydrogens (tertiary/aromatic N) is 1. The summed E-state index contributed by atoms with van der Waals surface area (Å²) in [5, 5.41) is 3.77. The van der Waals surface area contributed by atoms with Crippen LogP contribution >= 0.6 is 0 Å². The molecule has 0 aromatic heterocycles. The molecule has 2 atom stereocenters. The Morgan fingerprint density at radius 1 is 1.24 bits per heavy atom. The lowest BCUT2D eigenvalue weighted by atomic mass is 9.83. The third-order valence-electron chi connectivity index (χ3n) is 5.18. The van der Waals surface area contributed by atoms with Crippen molar-refractivity contribution in [1.82, 2.24) is 10.2 Å². The summed E-state index contributed by atoms with van der Waals surface area (Å²) in [7, 11) is 0. The minimum atomic E-state index is 0.402. The molecule has 2 rings (SSSR count). The van der Waals surface area contributed by atoms with Crippen molar-refractivity contribution in [3.63, 3.8) is 0 Å². The molecular weight excluding hydrogens is 208 g/mol. The van der Waals surface area contributed by atoms with E-state index in [4.69, 9.17) is 0 Å². The van der Waals surface area contributed by atoms with E-state index >= 15 is 0 Å². The van der Waals surface area contributed by atoms with Gasteiger partial charge in [-0.2, -0.15) is 0 Å². The number of rotatable bonds is 3. The number of hydrogen-bond donors (Lipinski definition) is 1. The number of nitrogens with one attached hydrogen (secondary N) is 1. The van der Waals surface area contributed by atoms with Crippen molar-refractivity contribution in [1.29, 1.82) is 0 Å². The van der Waals surface area contributed by atoms with Gasteiger partial charge in [-0.15, -0.1) is 0 Å². The zero-order chi connectivity index (χ0) is 12.3. The molecule has 1 N–H and O–H groups in total. The van der Waals surface area contributed by atoms with Crippen LogP contribution in [0.4, 0.5) is 0 Å². The Bertz CT molecular complexity index is 235. The molecule has 1 aliphatic heterocycles. The van der Waals surface area contributed by atoms with E-state index in [1.807, 2.05) is 0 Å². The van der Waals surface area contributed by atoms with Crippen LogP contribution in [-0.4, -0.2) is 36.1 Å². The molecule has 0 bridgehead atoms. The normalized spacial score (nSPS) is 34.8. The summed E-state index contributed by atoms with van der Waals surface area (Å²) in [6, 6.07) is 0.873. The molecule has 0 spiro atoms. The van der Waals surface area contributed by atoms with Gasteiger partial charge < -0.3 is 5.32 Å². The predicted octanol–water partition coefficient (Wildman–Crippen LogP) is 3.03. The van der Waals surface area contributed by atoms with Crippen molar-refractivity contribution in [2.75, 3.05) is 19.6 Å². The van der Waals surface area contributed by atoms with Crippen molar-refractivity contribution < 1.29 is 0 Å². The van der Waals surface area contributed by atoms with Crippen LogP contribution in [0.1, 0.15) is 59.3 Å². The van der Waals surface area contributed by atoms with Crippen molar-refractivity contribution >= 4 is 0 Å². The second-order valence-electron chi connectivity index (χ2n) is 6.31. The molecule has 0 radical (unpaired) electrons. The number of hydrogen-bond acceptors (Lipinski definition) is 2. The molecule has 100 valence electrons. The first-order valence-electron chi connectivity index (χ1n) is 7.68. The summed E-state index contributed by atoms with van der Waals surface area (Å²) >= 11 is 0. The molecule has 2 fully saturated rings. The lowest BCUT2D eigenvalue weighted by Gasteiger charge is -2.47. The molecule has 0 aromatic carbocycles. The zero-order valence-electron chi connectivity index (χ0n) is 12.0. The standard InChI is InChI=1S/C15H30N2/c1-4-15(5-2)12-17(10-9-16-15)14-8-6-7-13(3)11-14/h13-14,16H,4-12H2,1-3H3. The van der Waals surface area contributed by atoms with Gasteiger partial charge in [-0.05, 0) is 31.6 Å². The fraction of sp³-hybridized carbons (Fsp3) is 1.00. The molecule has 2 nitrogen and oxygen atoms in total. The molecule has 2 heteroatoms. The predicted molar refractivity (Wildman–Crippen MR) is 74.3 cm³/mol. The van der Waals surface area contributed by atoms with E-state index in [-0.39, 0.29) is 0 Å². The molecule has 1 saturated carbocycles. The monoisotopic (exact) mass is 238 g/mol. The summed E-state index contributed by atoms with van der Waals surface area (Å²) in [6.07, 6.45) is 8.30. The second kappa shape index (κ2) is 5.71. The van der Waals surface area contributed by atoms with E-state index in [9.17, 15) is 0 Å². The molecule has 2 unspecified atom stereocenters. The van der Waals surface area contributed by atoms with Gasteiger partial charge in [0.1, 0.15) is 0 Å². The van der Waals surface area contributed by atoms with Gasteiger partial charge in [0, 0.05) is 31.2 Å². The van der Waals surface area contributed by atoms with Crippen LogP contribution in [0.3, 0.4) is 0 Å². The molecule has 17 heavy (non-hydrogen) atoms. The fourth-order valence-corrected chi connectivity index (χ4v) is 3.76. The van der Waals surface area contributed by atoms with Crippen LogP contribution in [0.15, 0.2) is 0 Å². The molecule has 2 aliphatic rings. The highest BCUT2D eigenvalue weighted by Gasteiger charge is 2.35. The summed E-state index contributed by atoms with van der Waals surface area (Å²) in [5.41, 5.74) is 0.402. The van der Waals surface area contributed by atoms with Gasteiger partial charge in [-0.3, -0.25) is 4.90 Å². The van der Waals surface area contributed by atoms with Crippen LogP contribution in [0.5, 0.6) is 0 Å². The van der Waals surface area contributed by atoms with Gasteiger partial charge in [-0.25, -0.2) is 0 Å². The largest absolute Gasteiger partial charge is 0.309 e. The van der Waals surface area contributed by atoms with E-state index in [2.05, 4.69) is 31.0 Å². The van der Waals surface area contributed by atoms with Crippen molar-refractivity contribution in [3.8, 4) is 0 Å². The summed E-state index contributed by atoms with van der Waals surface area (Å²) in [4.78, 5) is 2.79. The Kier molecular flexibility index (Phi) is 4.48. The van der Waals surface area contributed by atoms with E-state index < -0.39 is 0 Å². The van der Waals surface area contributed by atoms with Gasteiger partial charge in [0.15, 0.2) is 0 Å². The Morgan fingerprint density at radius 2 is 2.00 bits per heavy atom. The van der Waals surface area contributed by atoms with E-state index in [0.717, 1.165) is 12.0 Å². The first-order valence-corrected chi connectivity index (χ1v) is 7.68. The topological polar surface area (TPSA) is 15.3 Å². The smallest absolute Gasteiger partial charge is 0.0304 e. The van der Waals surface area contributed by atoms with Crippen LogP contribution in [-0.2, 0) is 0 Å². The van der Waals surface area contributed by atoms with E-state index in [0.29, 0.717) is 5.54 Å². The van der Waals surface area contributed by atoms with Gasteiger partial charge >= 0.3 is 0 Å². The highest BCUT2D eigenvalue weighted by Crippen LogP contribution is 2.30. The van der Waals surface area contributed by atoms with Gasteiger partial charge in [0.05, 0.1) is 0 Å². The third-order valence-corrected chi connectivity index (χ3v) is 5.18. The summed E-state index contributed by atoms with van der Waals surface area (Å²) < 4.78 is 0. The summed E-state index contributed by atoms with van der Waals surface area (Å²) in [6.45, 7) is 10.8. The lowest BCUT2D eigenvalue weighted by Crippen LogP contribution is -2.62. The Hall–Kier alpha value is -0.0800. The molecular formula is C15H30N2. The van der Waals surface area contributed by atoms with Crippen molar-refractivity contribution in [2.45, 2.75) is 70.9 Å². The molecule has 1 heterocycles. The zero-order valence-corrected chi connectivity index (χ0v) is 12.0. The first kappa shape index (κ1) is 13.4. The average molecular weight is 238 g/mol. The number of piperazine rings is 1. The highest BCUT2D eigenvalue weighted by atomic mass is 15.2. The first-order chi connectivity index (χ1) is 8.19. The van der Waals surface area contributed by atoms with Crippen molar-refractivity contribution in [2.24, 2.45) is 5.92 Å². The Balaban J connectivity index is 1.96. The molecule has 0 aromatic rings. The third kappa shape index (κ3) is 3.03. The maximum atomic E-state index is 3.77. The summed E-state index contributed by atoms with van der Waals surface area (Å²) in [5.74, 6) is 0.946. The van der Waals surface area contributed by atoms with Crippen LogP contribution in [0.2, 0.25) is 0 Å². The van der Waals surface area contributed by atoms with Gasteiger partial charge in [0.25, 0.3) is 0 Å².